The number of esters is 1. The van der Waals surface area contributed by atoms with Crippen LogP contribution in [0.3, 0.4) is 0 Å². The van der Waals surface area contributed by atoms with E-state index in [9.17, 15) is 18.8 Å². The van der Waals surface area contributed by atoms with Crippen LogP contribution in [0.2, 0.25) is 5.02 Å². The third kappa shape index (κ3) is 3.96. The van der Waals surface area contributed by atoms with Crippen molar-refractivity contribution in [2.75, 3.05) is 7.11 Å². The van der Waals surface area contributed by atoms with Gasteiger partial charge in [0.2, 0.25) is 0 Å². The highest BCUT2D eigenvalue weighted by Gasteiger charge is 2.42. The van der Waals surface area contributed by atoms with Gasteiger partial charge in [-0.25, -0.2) is 9.18 Å². The van der Waals surface area contributed by atoms with Crippen LogP contribution < -0.4 is 10.7 Å². The van der Waals surface area contributed by atoms with Crippen molar-refractivity contribution in [2.24, 2.45) is 0 Å². The molecular weight excluding hydrogens is 473 g/mol. The van der Waals surface area contributed by atoms with Gasteiger partial charge < -0.3 is 14.5 Å². The minimum absolute atomic E-state index is 0.154. The zero-order valence-corrected chi connectivity index (χ0v) is 19.7. The van der Waals surface area contributed by atoms with Crippen LogP contribution in [0, 0.1) is 5.82 Å². The van der Waals surface area contributed by atoms with E-state index < -0.39 is 11.9 Å². The Morgan fingerprint density at radius 1 is 1.14 bits per heavy atom. The minimum atomic E-state index is -0.958. The van der Waals surface area contributed by atoms with Crippen LogP contribution in [0.15, 0.2) is 80.5 Å². The van der Waals surface area contributed by atoms with Gasteiger partial charge in [0.1, 0.15) is 11.4 Å². The topological polar surface area (TPSA) is 85.6 Å². The van der Waals surface area contributed by atoms with Crippen LogP contribution in [-0.2, 0) is 14.3 Å². The first-order valence-corrected chi connectivity index (χ1v) is 11.4. The van der Waals surface area contributed by atoms with E-state index in [1.807, 2.05) is 0 Å². The molecule has 35 heavy (non-hydrogen) atoms. The summed E-state index contributed by atoms with van der Waals surface area (Å²) in [5.74, 6) is -2.34. The molecule has 2 heterocycles. The molecule has 178 valence electrons. The van der Waals surface area contributed by atoms with Gasteiger partial charge >= 0.3 is 5.97 Å². The lowest BCUT2D eigenvalue weighted by molar-refractivity contribution is -0.136. The second-order valence-electron chi connectivity index (χ2n) is 8.72. The van der Waals surface area contributed by atoms with Crippen molar-refractivity contribution in [3.8, 4) is 0 Å². The molecule has 1 aliphatic heterocycles. The average Bonchev–Trinajstić information content (AvgIpc) is 2.84. The number of carbonyl (C=O) groups is 2. The maximum absolute atomic E-state index is 13.6. The fourth-order valence-electron chi connectivity index (χ4n) is 5.02. The number of halogens is 2. The number of benzene rings is 2. The Morgan fingerprint density at radius 3 is 2.60 bits per heavy atom. The number of dihydropyridines is 1. The summed E-state index contributed by atoms with van der Waals surface area (Å²) in [5, 5.41) is 3.82. The molecule has 1 aromatic heterocycles. The van der Waals surface area contributed by atoms with Gasteiger partial charge in [0, 0.05) is 34.0 Å². The van der Waals surface area contributed by atoms with Crippen LogP contribution in [0.1, 0.15) is 42.7 Å². The standard InChI is InChI=1S/C27H21ClFNO5/c1-13-23(27(33)34-2)24(19-12-35-22-8-5-16(28)11-18(22)26(19)32)25-20(30-13)9-15(10-21(25)31)14-3-6-17(29)7-4-14/h3-8,11-12,15,24,30H,9-10H2,1-2H3/t15-,24+/m0/s1. The molecule has 8 heteroatoms. The van der Waals surface area contributed by atoms with Gasteiger partial charge in [0.15, 0.2) is 11.2 Å². The first kappa shape index (κ1) is 23.1. The normalized spacial score (nSPS) is 20.1. The Kier molecular flexibility index (Phi) is 5.81. The first-order chi connectivity index (χ1) is 16.8. The van der Waals surface area contributed by atoms with E-state index in [1.165, 1.54) is 31.6 Å². The zero-order chi connectivity index (χ0) is 24.9. The van der Waals surface area contributed by atoms with Gasteiger partial charge in [0.25, 0.3) is 0 Å². The SMILES string of the molecule is COC(=O)C1=C(C)NC2=C(C(=O)C[C@@H](c3ccc(F)cc3)C2)[C@@H]1c1coc2ccc(Cl)cc2c1=O. The lowest BCUT2D eigenvalue weighted by atomic mass is 9.72. The second kappa shape index (κ2) is 8.82. The van der Waals surface area contributed by atoms with E-state index in [0.29, 0.717) is 34.0 Å². The Bertz CT molecular complexity index is 1500. The van der Waals surface area contributed by atoms with Crippen LogP contribution in [-0.4, -0.2) is 18.9 Å². The van der Waals surface area contributed by atoms with E-state index in [4.69, 9.17) is 20.8 Å². The molecule has 2 aromatic carbocycles. The van der Waals surface area contributed by atoms with Crippen molar-refractivity contribution in [1.29, 1.82) is 0 Å². The molecule has 2 aliphatic rings. The zero-order valence-electron chi connectivity index (χ0n) is 19.0. The Morgan fingerprint density at radius 2 is 1.89 bits per heavy atom. The smallest absolute Gasteiger partial charge is 0.336 e. The molecule has 0 unspecified atom stereocenters. The molecule has 3 aromatic rings. The highest BCUT2D eigenvalue weighted by atomic mass is 35.5. The summed E-state index contributed by atoms with van der Waals surface area (Å²) < 4.78 is 24.2. The lowest BCUT2D eigenvalue weighted by Gasteiger charge is -2.36. The number of rotatable bonds is 3. The molecule has 0 fully saturated rings. The number of hydrogen-bond donors (Lipinski definition) is 1. The van der Waals surface area contributed by atoms with E-state index >= 15 is 0 Å². The number of methoxy groups -OCH3 is 1. The number of hydrogen-bond acceptors (Lipinski definition) is 6. The Labute approximate surface area is 205 Å². The van der Waals surface area contributed by atoms with Gasteiger partial charge in [-0.15, -0.1) is 0 Å². The molecule has 6 nitrogen and oxygen atoms in total. The summed E-state index contributed by atoms with van der Waals surface area (Å²) in [5.41, 5.74) is 2.58. The molecule has 5 rings (SSSR count). The minimum Gasteiger partial charge on any atom is -0.466 e. The fraction of sp³-hybridized carbons (Fsp3) is 0.222. The fourth-order valence-corrected chi connectivity index (χ4v) is 5.19. The molecular formula is C27H21ClFNO5. The lowest BCUT2D eigenvalue weighted by Crippen LogP contribution is -2.37. The number of Topliss-reactive ketones (excluding diaryl/α,β-unsaturated/α-hetero) is 1. The average molecular weight is 494 g/mol. The van der Waals surface area contributed by atoms with Crippen molar-refractivity contribution < 1.29 is 23.1 Å². The van der Waals surface area contributed by atoms with Gasteiger partial charge in [-0.1, -0.05) is 23.7 Å². The number of allylic oxidation sites excluding steroid dienone is 3. The van der Waals surface area contributed by atoms with Crippen molar-refractivity contribution in [3.63, 3.8) is 0 Å². The van der Waals surface area contributed by atoms with Crippen molar-refractivity contribution >= 4 is 34.3 Å². The van der Waals surface area contributed by atoms with Crippen molar-refractivity contribution in [2.45, 2.75) is 31.6 Å². The third-order valence-electron chi connectivity index (χ3n) is 6.65. The maximum Gasteiger partial charge on any atom is 0.336 e. The van der Waals surface area contributed by atoms with Crippen LogP contribution in [0.5, 0.6) is 0 Å². The Hall–Kier alpha value is -3.71. The highest BCUT2D eigenvalue weighted by molar-refractivity contribution is 6.31. The van der Waals surface area contributed by atoms with E-state index in [0.717, 1.165) is 5.56 Å². The number of nitrogens with one attached hydrogen (secondary N) is 1. The predicted molar refractivity (Wildman–Crippen MR) is 128 cm³/mol. The van der Waals surface area contributed by atoms with Gasteiger partial charge in [-0.2, -0.15) is 0 Å². The Balaban J connectivity index is 1.68. The molecule has 0 amide bonds. The molecule has 0 bridgehead atoms. The first-order valence-electron chi connectivity index (χ1n) is 11.1. The quantitative estimate of drug-likeness (QED) is 0.510. The molecule has 0 saturated heterocycles. The van der Waals surface area contributed by atoms with Crippen LogP contribution >= 0.6 is 11.6 Å². The van der Waals surface area contributed by atoms with Crippen molar-refractivity contribution in [1.82, 2.24) is 5.32 Å². The molecule has 1 N–H and O–H groups in total. The number of ether oxygens (including phenoxy) is 1. The molecule has 1 aliphatic carbocycles. The van der Waals surface area contributed by atoms with Gasteiger partial charge in [-0.05, 0) is 55.2 Å². The summed E-state index contributed by atoms with van der Waals surface area (Å²) in [7, 11) is 1.25. The largest absolute Gasteiger partial charge is 0.466 e. The molecule has 0 saturated carbocycles. The molecule has 0 spiro atoms. The number of carbonyl (C=O) groups excluding carboxylic acids is 2. The number of ketones is 1. The molecule has 0 radical (unpaired) electrons. The van der Waals surface area contributed by atoms with E-state index in [2.05, 4.69) is 5.32 Å². The number of fused-ring (bicyclic) bond motifs is 1. The third-order valence-corrected chi connectivity index (χ3v) is 6.88. The summed E-state index contributed by atoms with van der Waals surface area (Å²) in [6.45, 7) is 1.70. The predicted octanol–water partition coefficient (Wildman–Crippen LogP) is 5.12. The summed E-state index contributed by atoms with van der Waals surface area (Å²) in [6.07, 6.45) is 1.91. The van der Waals surface area contributed by atoms with E-state index in [1.54, 1.807) is 31.2 Å². The van der Waals surface area contributed by atoms with Gasteiger partial charge in [0.05, 0.1) is 30.3 Å². The summed E-state index contributed by atoms with van der Waals surface area (Å²) >= 11 is 6.11. The summed E-state index contributed by atoms with van der Waals surface area (Å²) in [6, 6.07) is 10.8. The monoisotopic (exact) mass is 493 g/mol. The van der Waals surface area contributed by atoms with Crippen LogP contribution in [0.25, 0.3) is 11.0 Å². The maximum atomic E-state index is 13.6. The van der Waals surface area contributed by atoms with Gasteiger partial charge in [-0.3, -0.25) is 9.59 Å². The van der Waals surface area contributed by atoms with Crippen molar-refractivity contribution in [3.05, 3.63) is 103 Å². The van der Waals surface area contributed by atoms with E-state index in [-0.39, 0.29) is 45.9 Å². The summed E-state index contributed by atoms with van der Waals surface area (Å²) in [4.78, 5) is 40.0. The van der Waals surface area contributed by atoms with Crippen LogP contribution in [0.4, 0.5) is 4.39 Å². The highest BCUT2D eigenvalue weighted by Crippen LogP contribution is 2.45. The second-order valence-corrected chi connectivity index (χ2v) is 9.16. The molecule has 2 atom stereocenters.